The fourth-order valence-corrected chi connectivity index (χ4v) is 6.43. The number of hydrogen-bond donors (Lipinski definition) is 1. The highest BCUT2D eigenvalue weighted by atomic mass is 19.3. The van der Waals surface area contributed by atoms with Crippen molar-refractivity contribution < 1.29 is 23.1 Å². The maximum absolute atomic E-state index is 14.6. The van der Waals surface area contributed by atoms with Crippen molar-refractivity contribution >= 4 is 5.97 Å². The van der Waals surface area contributed by atoms with Gasteiger partial charge in [0.2, 0.25) is 0 Å². The molecule has 3 aliphatic rings. The first-order valence-corrected chi connectivity index (χ1v) is 14.0. The van der Waals surface area contributed by atoms with Crippen molar-refractivity contribution in [1.29, 1.82) is 0 Å². The van der Waals surface area contributed by atoms with Crippen LogP contribution >= 0.6 is 0 Å². The first-order chi connectivity index (χ1) is 18.3. The number of carboxylic acid groups (broad SMARTS) is 1. The maximum atomic E-state index is 14.6. The predicted octanol–water partition coefficient (Wildman–Crippen LogP) is 5.77. The van der Waals surface area contributed by atoms with E-state index in [4.69, 9.17) is 0 Å². The standard InChI is InChI=1S/C30H38F3N3O2/c31-26-5-1-3-23(16-26)27-20-36(28(29(37)38)15-22-6-7-22)19-24(27)18-35-13-9-21(10-14-35)8-11-30(32,33)25-4-2-12-34-17-25/h1-5,12,16-17,21-22,24,27-28H,6-11,13-15,18-20H2,(H,37,38)/t24-,27+,28+/m0/s1. The molecule has 0 radical (unpaired) electrons. The molecule has 3 fully saturated rings. The summed E-state index contributed by atoms with van der Waals surface area (Å²) >= 11 is 0. The Bertz CT molecular complexity index is 1070. The van der Waals surface area contributed by atoms with Crippen molar-refractivity contribution in [2.45, 2.75) is 62.8 Å². The van der Waals surface area contributed by atoms with Gasteiger partial charge < -0.3 is 10.0 Å². The van der Waals surface area contributed by atoms with E-state index in [0.717, 1.165) is 50.9 Å². The number of halogens is 3. The number of aromatic nitrogens is 1. The molecule has 1 N–H and O–H groups in total. The van der Waals surface area contributed by atoms with E-state index in [9.17, 15) is 23.1 Å². The molecule has 0 unspecified atom stereocenters. The molecule has 5 nitrogen and oxygen atoms in total. The van der Waals surface area contributed by atoms with E-state index in [2.05, 4.69) is 14.8 Å². The first-order valence-electron chi connectivity index (χ1n) is 14.0. The SMILES string of the molecule is O=C(O)[C@@H](CC1CC1)N1C[C@H](CN2CCC(CCC(F)(F)c3cccnc3)CC2)[C@@H](c2cccc(F)c2)C1. The number of likely N-dealkylation sites (tertiary alicyclic amines) is 2. The van der Waals surface area contributed by atoms with Gasteiger partial charge in [0.25, 0.3) is 5.92 Å². The summed E-state index contributed by atoms with van der Waals surface area (Å²) in [7, 11) is 0. The van der Waals surface area contributed by atoms with Gasteiger partial charge in [-0.2, -0.15) is 0 Å². The van der Waals surface area contributed by atoms with Crippen molar-refractivity contribution in [3.8, 4) is 0 Å². The molecule has 2 aliphatic heterocycles. The second-order valence-corrected chi connectivity index (χ2v) is 11.6. The van der Waals surface area contributed by atoms with Crippen LogP contribution in [-0.4, -0.2) is 64.6 Å². The van der Waals surface area contributed by atoms with Crippen LogP contribution in [0.25, 0.3) is 0 Å². The Morgan fingerprint density at radius 1 is 1.08 bits per heavy atom. The van der Waals surface area contributed by atoms with E-state index >= 15 is 0 Å². The number of nitrogens with zero attached hydrogens (tertiary/aromatic N) is 3. The molecule has 1 aliphatic carbocycles. The van der Waals surface area contributed by atoms with E-state index in [1.54, 1.807) is 18.2 Å². The Kier molecular flexibility index (Phi) is 8.38. The molecule has 5 rings (SSSR count). The second kappa shape index (κ2) is 11.7. The molecular weight excluding hydrogens is 491 g/mol. The van der Waals surface area contributed by atoms with Gasteiger partial charge in [-0.15, -0.1) is 0 Å². The molecule has 0 amide bonds. The monoisotopic (exact) mass is 529 g/mol. The van der Waals surface area contributed by atoms with Gasteiger partial charge in [-0.05, 0) is 86.4 Å². The highest BCUT2D eigenvalue weighted by Crippen LogP contribution is 2.40. The zero-order valence-corrected chi connectivity index (χ0v) is 21.8. The topological polar surface area (TPSA) is 56.7 Å². The molecule has 2 saturated heterocycles. The minimum absolute atomic E-state index is 0.0204. The third-order valence-electron chi connectivity index (χ3n) is 8.88. The van der Waals surface area contributed by atoms with E-state index in [1.807, 2.05) is 6.07 Å². The fraction of sp³-hybridized carbons (Fsp3) is 0.600. The molecular formula is C30H38F3N3O2. The van der Waals surface area contributed by atoms with Gasteiger partial charge in [-0.1, -0.05) is 25.0 Å². The van der Waals surface area contributed by atoms with Gasteiger partial charge in [0.1, 0.15) is 11.9 Å². The van der Waals surface area contributed by atoms with Gasteiger partial charge in [0.15, 0.2) is 0 Å². The first kappa shape index (κ1) is 27.1. The summed E-state index contributed by atoms with van der Waals surface area (Å²) in [4.78, 5) is 20.5. The fourth-order valence-electron chi connectivity index (χ4n) is 6.43. The Morgan fingerprint density at radius 3 is 2.53 bits per heavy atom. The number of benzene rings is 1. The zero-order valence-electron chi connectivity index (χ0n) is 21.8. The lowest BCUT2D eigenvalue weighted by Crippen LogP contribution is -2.42. The van der Waals surface area contributed by atoms with E-state index in [-0.39, 0.29) is 35.6 Å². The molecule has 0 bridgehead atoms. The van der Waals surface area contributed by atoms with Crippen molar-refractivity contribution in [2.75, 3.05) is 32.7 Å². The summed E-state index contributed by atoms with van der Waals surface area (Å²) in [5.74, 6) is -2.85. The van der Waals surface area contributed by atoms with Crippen molar-refractivity contribution in [2.24, 2.45) is 17.8 Å². The second-order valence-electron chi connectivity index (χ2n) is 11.6. The average molecular weight is 530 g/mol. The number of piperidine rings is 1. The highest BCUT2D eigenvalue weighted by Gasteiger charge is 2.42. The molecule has 3 heterocycles. The summed E-state index contributed by atoms with van der Waals surface area (Å²) in [6.07, 6.45) is 7.74. The highest BCUT2D eigenvalue weighted by molar-refractivity contribution is 5.73. The number of carbonyl (C=O) groups is 1. The average Bonchev–Trinajstić information content (AvgIpc) is 3.65. The van der Waals surface area contributed by atoms with E-state index < -0.39 is 17.9 Å². The molecule has 0 spiro atoms. The van der Waals surface area contributed by atoms with Crippen LogP contribution in [-0.2, 0) is 10.7 Å². The molecule has 1 saturated carbocycles. The summed E-state index contributed by atoms with van der Waals surface area (Å²) in [6.45, 7) is 3.81. The lowest BCUT2D eigenvalue weighted by atomic mass is 9.86. The third kappa shape index (κ3) is 6.75. The number of alkyl halides is 2. The van der Waals surface area contributed by atoms with Crippen molar-refractivity contribution in [3.63, 3.8) is 0 Å². The largest absolute Gasteiger partial charge is 0.480 e. The van der Waals surface area contributed by atoms with Crippen LogP contribution in [0, 0.1) is 23.6 Å². The van der Waals surface area contributed by atoms with Gasteiger partial charge in [-0.25, -0.2) is 13.2 Å². The molecule has 1 aromatic carbocycles. The Morgan fingerprint density at radius 2 is 1.87 bits per heavy atom. The number of rotatable bonds is 11. The van der Waals surface area contributed by atoms with Gasteiger partial charge in [-0.3, -0.25) is 14.7 Å². The van der Waals surface area contributed by atoms with Crippen LogP contribution < -0.4 is 0 Å². The van der Waals surface area contributed by atoms with E-state index in [0.29, 0.717) is 31.8 Å². The summed E-state index contributed by atoms with van der Waals surface area (Å²) < 4.78 is 43.3. The Balaban J connectivity index is 1.18. The maximum Gasteiger partial charge on any atom is 0.320 e. The molecule has 206 valence electrons. The summed E-state index contributed by atoms with van der Waals surface area (Å²) in [6, 6.07) is 9.22. The lowest BCUT2D eigenvalue weighted by molar-refractivity contribution is -0.143. The molecule has 3 atom stereocenters. The van der Waals surface area contributed by atoms with Gasteiger partial charge in [0, 0.05) is 49.9 Å². The lowest BCUT2D eigenvalue weighted by Gasteiger charge is -2.35. The van der Waals surface area contributed by atoms with Crippen LogP contribution in [0.15, 0.2) is 48.8 Å². The molecule has 2 aromatic rings. The normalized spacial score (nSPS) is 24.5. The van der Waals surface area contributed by atoms with Crippen molar-refractivity contribution in [1.82, 2.24) is 14.8 Å². The Labute approximate surface area is 223 Å². The van der Waals surface area contributed by atoms with E-state index in [1.165, 1.54) is 24.5 Å². The zero-order chi connectivity index (χ0) is 26.7. The van der Waals surface area contributed by atoms with Crippen LogP contribution in [0.4, 0.5) is 13.2 Å². The molecule has 38 heavy (non-hydrogen) atoms. The molecule has 1 aromatic heterocycles. The summed E-state index contributed by atoms with van der Waals surface area (Å²) in [5.41, 5.74) is 0.911. The number of hydrogen-bond acceptors (Lipinski definition) is 4. The van der Waals surface area contributed by atoms with Crippen LogP contribution in [0.2, 0.25) is 0 Å². The molecule has 8 heteroatoms. The van der Waals surface area contributed by atoms with Gasteiger partial charge >= 0.3 is 5.97 Å². The van der Waals surface area contributed by atoms with Crippen LogP contribution in [0.1, 0.15) is 62.0 Å². The number of pyridine rings is 1. The van der Waals surface area contributed by atoms with Crippen LogP contribution in [0.3, 0.4) is 0 Å². The predicted molar refractivity (Wildman–Crippen MR) is 139 cm³/mol. The van der Waals surface area contributed by atoms with Gasteiger partial charge in [0.05, 0.1) is 0 Å². The number of aliphatic carboxylic acids is 1. The summed E-state index contributed by atoms with van der Waals surface area (Å²) in [5, 5.41) is 9.96. The number of carboxylic acids is 1. The van der Waals surface area contributed by atoms with Crippen LogP contribution in [0.5, 0.6) is 0 Å². The minimum Gasteiger partial charge on any atom is -0.480 e. The smallest absolute Gasteiger partial charge is 0.320 e. The third-order valence-corrected chi connectivity index (χ3v) is 8.88. The quantitative estimate of drug-likeness (QED) is 0.400. The minimum atomic E-state index is -2.86. The van der Waals surface area contributed by atoms with Crippen molar-refractivity contribution in [3.05, 3.63) is 65.7 Å². The Hall–Kier alpha value is -2.45.